The number of carbonyl (C=O) groups excluding carboxylic acids is 3. The molecule has 2 rings (SSSR count). The lowest BCUT2D eigenvalue weighted by molar-refractivity contribution is -0.119. The number of hydrogen-bond acceptors (Lipinski definition) is 3. The molecule has 0 bridgehead atoms. The number of nitrogens with one attached hydrogen (secondary N) is 1. The van der Waals surface area contributed by atoms with E-state index in [4.69, 9.17) is 0 Å². The highest BCUT2D eigenvalue weighted by atomic mass is 16.2. The summed E-state index contributed by atoms with van der Waals surface area (Å²) in [5.74, 6) is -0.492. The van der Waals surface area contributed by atoms with Crippen LogP contribution in [-0.4, -0.2) is 35.2 Å². The summed E-state index contributed by atoms with van der Waals surface area (Å²) in [4.78, 5) is 36.7. The van der Waals surface area contributed by atoms with Crippen LogP contribution in [-0.2, 0) is 4.79 Å². The summed E-state index contributed by atoms with van der Waals surface area (Å²) in [5.41, 5.74) is 0.966. The number of nitrogens with zero attached hydrogens (tertiary/aromatic N) is 1. The third-order valence-corrected chi connectivity index (χ3v) is 3.71. The van der Waals surface area contributed by atoms with Gasteiger partial charge in [0.25, 0.3) is 11.8 Å². The zero-order chi connectivity index (χ0) is 15.4. The van der Waals surface area contributed by atoms with Gasteiger partial charge in [0.2, 0.25) is 5.91 Å². The number of amides is 3. The van der Waals surface area contributed by atoms with Crippen molar-refractivity contribution in [3.05, 3.63) is 35.4 Å². The molecule has 1 unspecified atom stereocenters. The molecule has 1 aliphatic heterocycles. The van der Waals surface area contributed by atoms with Gasteiger partial charge < -0.3 is 5.32 Å². The number of imide groups is 1. The van der Waals surface area contributed by atoms with Gasteiger partial charge in [0.05, 0.1) is 11.1 Å². The number of carbonyl (C=O) groups is 3. The van der Waals surface area contributed by atoms with Gasteiger partial charge in [-0.1, -0.05) is 19.1 Å². The molecule has 0 aliphatic carbocycles. The van der Waals surface area contributed by atoms with E-state index in [1.54, 1.807) is 24.3 Å². The van der Waals surface area contributed by atoms with E-state index in [0.29, 0.717) is 24.1 Å². The second-order valence-electron chi connectivity index (χ2n) is 5.26. The van der Waals surface area contributed by atoms with Crippen molar-refractivity contribution in [1.82, 2.24) is 10.2 Å². The van der Waals surface area contributed by atoms with E-state index in [9.17, 15) is 14.4 Å². The zero-order valence-electron chi connectivity index (χ0n) is 12.4. The lowest BCUT2D eigenvalue weighted by Crippen LogP contribution is -2.35. The van der Waals surface area contributed by atoms with Crippen molar-refractivity contribution < 1.29 is 14.4 Å². The van der Waals surface area contributed by atoms with Gasteiger partial charge in [-0.2, -0.15) is 0 Å². The Labute approximate surface area is 124 Å². The smallest absolute Gasteiger partial charge is 0.261 e. The van der Waals surface area contributed by atoms with Crippen LogP contribution in [0.15, 0.2) is 24.3 Å². The fourth-order valence-corrected chi connectivity index (χ4v) is 2.60. The molecular formula is C16H20N2O3. The van der Waals surface area contributed by atoms with Crippen LogP contribution in [0.4, 0.5) is 0 Å². The zero-order valence-corrected chi connectivity index (χ0v) is 12.4. The Kier molecular flexibility index (Phi) is 4.73. The van der Waals surface area contributed by atoms with E-state index < -0.39 is 0 Å². The lowest BCUT2D eigenvalue weighted by Gasteiger charge is -2.18. The average Bonchev–Trinajstić information content (AvgIpc) is 2.71. The Morgan fingerprint density at radius 1 is 1.19 bits per heavy atom. The Balaban J connectivity index is 1.92. The van der Waals surface area contributed by atoms with Crippen LogP contribution in [0.1, 0.15) is 53.8 Å². The van der Waals surface area contributed by atoms with Crippen molar-refractivity contribution >= 4 is 17.7 Å². The minimum absolute atomic E-state index is 0.0532. The molecule has 0 spiro atoms. The summed E-state index contributed by atoms with van der Waals surface area (Å²) in [7, 11) is 0. The molecule has 0 aromatic heterocycles. The second kappa shape index (κ2) is 6.52. The average molecular weight is 288 g/mol. The van der Waals surface area contributed by atoms with Crippen LogP contribution in [0, 0.1) is 0 Å². The SMILES string of the molecule is CCC(CCCN1C(=O)c2ccccc2C1=O)NC(C)=O. The molecule has 0 fully saturated rings. The van der Waals surface area contributed by atoms with E-state index >= 15 is 0 Å². The van der Waals surface area contributed by atoms with Crippen LogP contribution in [0.25, 0.3) is 0 Å². The van der Waals surface area contributed by atoms with Crippen molar-refractivity contribution in [3.63, 3.8) is 0 Å². The maximum atomic E-state index is 12.2. The predicted molar refractivity (Wildman–Crippen MR) is 78.9 cm³/mol. The van der Waals surface area contributed by atoms with Gasteiger partial charge in [0, 0.05) is 19.5 Å². The van der Waals surface area contributed by atoms with Crippen molar-refractivity contribution in [1.29, 1.82) is 0 Å². The van der Waals surface area contributed by atoms with Gasteiger partial charge in [-0.3, -0.25) is 19.3 Å². The molecule has 0 saturated carbocycles. The van der Waals surface area contributed by atoms with Crippen LogP contribution in [0.3, 0.4) is 0 Å². The number of hydrogen-bond donors (Lipinski definition) is 1. The molecule has 21 heavy (non-hydrogen) atoms. The van der Waals surface area contributed by atoms with Gasteiger partial charge >= 0.3 is 0 Å². The highest BCUT2D eigenvalue weighted by molar-refractivity contribution is 6.21. The molecule has 0 saturated heterocycles. The van der Waals surface area contributed by atoms with E-state index in [0.717, 1.165) is 12.8 Å². The maximum Gasteiger partial charge on any atom is 0.261 e. The number of rotatable bonds is 6. The standard InChI is InChI=1S/C16H20N2O3/c1-3-12(17-11(2)19)7-6-10-18-15(20)13-8-4-5-9-14(13)16(18)21/h4-5,8-9,12H,3,6-7,10H2,1-2H3,(H,17,19). The quantitative estimate of drug-likeness (QED) is 0.814. The molecule has 112 valence electrons. The van der Waals surface area contributed by atoms with E-state index in [2.05, 4.69) is 5.32 Å². The monoisotopic (exact) mass is 288 g/mol. The van der Waals surface area contributed by atoms with Crippen molar-refractivity contribution in [2.75, 3.05) is 6.54 Å². The predicted octanol–water partition coefficient (Wildman–Crippen LogP) is 1.98. The normalized spacial score (nSPS) is 15.0. The molecule has 3 amide bonds. The molecule has 1 heterocycles. The number of fused-ring (bicyclic) bond motifs is 1. The Bertz CT molecular complexity index is 533. The fourth-order valence-electron chi connectivity index (χ4n) is 2.60. The Hall–Kier alpha value is -2.17. The van der Waals surface area contributed by atoms with E-state index in [1.807, 2.05) is 6.92 Å². The number of benzene rings is 1. The van der Waals surface area contributed by atoms with E-state index in [-0.39, 0.29) is 23.8 Å². The van der Waals surface area contributed by atoms with Gasteiger partial charge in [0.1, 0.15) is 0 Å². The molecule has 1 aromatic carbocycles. The fraction of sp³-hybridized carbons (Fsp3) is 0.438. The minimum atomic E-state index is -0.219. The minimum Gasteiger partial charge on any atom is -0.354 e. The molecule has 1 aromatic rings. The van der Waals surface area contributed by atoms with Gasteiger partial charge in [-0.05, 0) is 31.4 Å². The van der Waals surface area contributed by atoms with Crippen LogP contribution >= 0.6 is 0 Å². The first-order valence-corrected chi connectivity index (χ1v) is 7.27. The summed E-state index contributed by atoms with van der Waals surface area (Å²) >= 11 is 0. The summed E-state index contributed by atoms with van der Waals surface area (Å²) in [5, 5.41) is 2.87. The van der Waals surface area contributed by atoms with Crippen molar-refractivity contribution in [2.24, 2.45) is 0 Å². The first-order valence-electron chi connectivity index (χ1n) is 7.27. The molecule has 1 atom stereocenters. The summed E-state index contributed by atoms with van der Waals surface area (Å²) in [6, 6.07) is 6.98. The largest absolute Gasteiger partial charge is 0.354 e. The highest BCUT2D eigenvalue weighted by Crippen LogP contribution is 2.22. The van der Waals surface area contributed by atoms with Crippen molar-refractivity contribution in [3.8, 4) is 0 Å². The molecular weight excluding hydrogens is 268 g/mol. The molecule has 0 radical (unpaired) electrons. The Morgan fingerprint density at radius 2 is 1.76 bits per heavy atom. The third kappa shape index (κ3) is 3.29. The van der Waals surface area contributed by atoms with Crippen LogP contribution in [0.5, 0.6) is 0 Å². The van der Waals surface area contributed by atoms with Gasteiger partial charge in [-0.15, -0.1) is 0 Å². The Morgan fingerprint density at radius 3 is 2.24 bits per heavy atom. The molecule has 5 nitrogen and oxygen atoms in total. The topological polar surface area (TPSA) is 66.5 Å². The first kappa shape index (κ1) is 15.2. The molecule has 1 aliphatic rings. The van der Waals surface area contributed by atoms with Crippen molar-refractivity contribution in [2.45, 2.75) is 39.2 Å². The van der Waals surface area contributed by atoms with Gasteiger partial charge in [-0.25, -0.2) is 0 Å². The summed E-state index contributed by atoms with van der Waals surface area (Å²) in [6.45, 7) is 3.89. The first-order chi connectivity index (χ1) is 10.0. The van der Waals surface area contributed by atoms with Gasteiger partial charge in [0.15, 0.2) is 0 Å². The lowest BCUT2D eigenvalue weighted by atomic mass is 10.1. The van der Waals surface area contributed by atoms with Crippen LogP contribution in [0.2, 0.25) is 0 Å². The summed E-state index contributed by atoms with van der Waals surface area (Å²) < 4.78 is 0. The second-order valence-corrected chi connectivity index (χ2v) is 5.26. The van der Waals surface area contributed by atoms with Crippen LogP contribution < -0.4 is 5.32 Å². The maximum absolute atomic E-state index is 12.2. The molecule has 1 N–H and O–H groups in total. The highest BCUT2D eigenvalue weighted by Gasteiger charge is 2.34. The molecule has 5 heteroatoms. The van der Waals surface area contributed by atoms with E-state index in [1.165, 1.54) is 11.8 Å². The summed E-state index contributed by atoms with van der Waals surface area (Å²) in [6.07, 6.45) is 2.27. The third-order valence-electron chi connectivity index (χ3n) is 3.71.